The summed E-state index contributed by atoms with van der Waals surface area (Å²) in [6.45, 7) is 1.08. The monoisotopic (exact) mass is 306 g/mol. The molecule has 1 unspecified atom stereocenters. The number of nitrogens with two attached hydrogens (primary N) is 1. The average molecular weight is 306 g/mol. The Hall–Kier alpha value is -2.26. The Bertz CT molecular complexity index is 529. The zero-order valence-electron chi connectivity index (χ0n) is 12.9. The number of hydrogen-bond acceptors (Lipinski definition) is 5. The summed E-state index contributed by atoms with van der Waals surface area (Å²) < 4.78 is 11.2. The van der Waals surface area contributed by atoms with E-state index in [2.05, 4.69) is 0 Å². The third-order valence-electron chi connectivity index (χ3n) is 3.28. The molecule has 120 valence electrons. The van der Waals surface area contributed by atoms with Gasteiger partial charge in [0.1, 0.15) is 6.04 Å². The van der Waals surface area contributed by atoms with Gasteiger partial charge in [-0.2, -0.15) is 5.26 Å². The second-order valence-corrected chi connectivity index (χ2v) is 5.06. The number of rotatable bonds is 4. The number of nitrogens with zero attached hydrogens (tertiary/aromatic N) is 1. The zero-order chi connectivity index (χ0) is 16.5. The van der Waals surface area contributed by atoms with Gasteiger partial charge in [0.2, 0.25) is 0 Å². The van der Waals surface area contributed by atoms with E-state index in [9.17, 15) is 0 Å². The van der Waals surface area contributed by atoms with Crippen LogP contribution >= 0.6 is 0 Å². The van der Waals surface area contributed by atoms with Gasteiger partial charge < -0.3 is 20.3 Å². The standard InChI is InChI=1S/C14H18N2O2.C2H4O2/c1-17-13-7-6-10(12(16)9-15)8-14(13)18-11-4-2-3-5-11;1-2(3)4/h6-8,11-12H,2-5,16H2,1H3;1H3,(H,3,4). The molecule has 2 rings (SSSR count). The summed E-state index contributed by atoms with van der Waals surface area (Å²) in [5, 5.41) is 16.3. The Balaban J connectivity index is 0.000000541. The third-order valence-corrected chi connectivity index (χ3v) is 3.28. The van der Waals surface area contributed by atoms with Crippen LogP contribution in [0.5, 0.6) is 11.5 Å². The van der Waals surface area contributed by atoms with E-state index in [1.54, 1.807) is 19.2 Å². The molecular formula is C16H22N2O4. The summed E-state index contributed by atoms with van der Waals surface area (Å²) in [6, 6.07) is 6.81. The molecule has 0 bridgehead atoms. The van der Waals surface area contributed by atoms with Gasteiger partial charge in [-0.05, 0) is 43.4 Å². The molecular weight excluding hydrogens is 284 g/mol. The van der Waals surface area contributed by atoms with Crippen LogP contribution in [0.3, 0.4) is 0 Å². The fourth-order valence-electron chi connectivity index (χ4n) is 2.24. The molecule has 1 saturated carbocycles. The first-order valence-corrected chi connectivity index (χ1v) is 7.17. The number of methoxy groups -OCH3 is 1. The highest BCUT2D eigenvalue weighted by Gasteiger charge is 2.19. The van der Waals surface area contributed by atoms with Gasteiger partial charge in [-0.1, -0.05) is 6.07 Å². The Morgan fingerprint density at radius 2 is 2.00 bits per heavy atom. The summed E-state index contributed by atoms with van der Waals surface area (Å²) >= 11 is 0. The van der Waals surface area contributed by atoms with Crippen LogP contribution < -0.4 is 15.2 Å². The van der Waals surface area contributed by atoms with Crippen LogP contribution in [0.25, 0.3) is 0 Å². The first-order valence-electron chi connectivity index (χ1n) is 7.17. The fraction of sp³-hybridized carbons (Fsp3) is 0.500. The van der Waals surface area contributed by atoms with Crippen molar-refractivity contribution in [2.45, 2.75) is 44.8 Å². The molecule has 1 aromatic rings. The van der Waals surface area contributed by atoms with Crippen molar-refractivity contribution >= 4 is 5.97 Å². The molecule has 0 spiro atoms. The molecule has 1 aromatic carbocycles. The van der Waals surface area contributed by atoms with Gasteiger partial charge >= 0.3 is 0 Å². The molecule has 0 aromatic heterocycles. The van der Waals surface area contributed by atoms with Gasteiger partial charge in [-0.15, -0.1) is 0 Å². The lowest BCUT2D eigenvalue weighted by atomic mass is 10.1. The molecule has 1 atom stereocenters. The maximum atomic E-state index is 9.00. The summed E-state index contributed by atoms with van der Waals surface area (Å²) in [7, 11) is 1.61. The highest BCUT2D eigenvalue weighted by atomic mass is 16.5. The molecule has 6 nitrogen and oxygen atoms in total. The summed E-state index contributed by atoms with van der Waals surface area (Å²) in [5.41, 5.74) is 6.46. The molecule has 0 aliphatic heterocycles. The van der Waals surface area contributed by atoms with E-state index in [1.165, 1.54) is 12.8 Å². The van der Waals surface area contributed by atoms with E-state index in [0.717, 1.165) is 25.3 Å². The van der Waals surface area contributed by atoms with E-state index in [4.69, 9.17) is 30.4 Å². The lowest BCUT2D eigenvalue weighted by Gasteiger charge is -2.17. The number of benzene rings is 1. The summed E-state index contributed by atoms with van der Waals surface area (Å²) in [6.07, 6.45) is 4.84. The van der Waals surface area contributed by atoms with Crippen LogP contribution in [0, 0.1) is 11.3 Å². The number of hydrogen-bond donors (Lipinski definition) is 2. The Morgan fingerprint density at radius 1 is 1.41 bits per heavy atom. The lowest BCUT2D eigenvalue weighted by Crippen LogP contribution is -2.13. The molecule has 1 fully saturated rings. The van der Waals surface area contributed by atoms with Crippen molar-refractivity contribution in [3.8, 4) is 17.6 Å². The van der Waals surface area contributed by atoms with Gasteiger partial charge in [0.05, 0.1) is 19.3 Å². The minimum absolute atomic E-state index is 0.257. The Labute approximate surface area is 130 Å². The van der Waals surface area contributed by atoms with E-state index in [0.29, 0.717) is 11.5 Å². The molecule has 0 amide bonds. The van der Waals surface area contributed by atoms with Crippen molar-refractivity contribution in [2.24, 2.45) is 5.73 Å². The number of carbonyl (C=O) groups is 1. The van der Waals surface area contributed by atoms with Gasteiger partial charge in [-0.3, -0.25) is 4.79 Å². The van der Waals surface area contributed by atoms with E-state index in [-0.39, 0.29) is 6.10 Å². The smallest absolute Gasteiger partial charge is 0.300 e. The zero-order valence-corrected chi connectivity index (χ0v) is 12.9. The second kappa shape index (κ2) is 8.90. The molecule has 0 heterocycles. The minimum Gasteiger partial charge on any atom is -0.493 e. The predicted molar refractivity (Wildman–Crippen MR) is 81.7 cm³/mol. The van der Waals surface area contributed by atoms with Gasteiger partial charge in [0.15, 0.2) is 11.5 Å². The lowest BCUT2D eigenvalue weighted by molar-refractivity contribution is -0.134. The second-order valence-electron chi connectivity index (χ2n) is 5.06. The van der Waals surface area contributed by atoms with E-state index in [1.807, 2.05) is 12.1 Å². The normalized spacial score (nSPS) is 15.2. The van der Waals surface area contributed by atoms with Gasteiger partial charge in [0.25, 0.3) is 5.97 Å². The molecule has 1 aliphatic carbocycles. The minimum atomic E-state index is -0.833. The fourth-order valence-corrected chi connectivity index (χ4v) is 2.24. The largest absolute Gasteiger partial charge is 0.493 e. The number of carboxylic acid groups (broad SMARTS) is 1. The van der Waals surface area contributed by atoms with Gasteiger partial charge in [0, 0.05) is 6.92 Å². The van der Waals surface area contributed by atoms with E-state index >= 15 is 0 Å². The van der Waals surface area contributed by atoms with Crippen molar-refractivity contribution in [1.29, 1.82) is 5.26 Å². The molecule has 22 heavy (non-hydrogen) atoms. The first kappa shape index (κ1) is 17.8. The van der Waals surface area contributed by atoms with Crippen LogP contribution in [-0.2, 0) is 4.79 Å². The first-order chi connectivity index (χ1) is 10.5. The number of carboxylic acids is 1. The summed E-state index contributed by atoms with van der Waals surface area (Å²) in [4.78, 5) is 9.00. The molecule has 0 radical (unpaired) electrons. The number of aliphatic carboxylic acids is 1. The Morgan fingerprint density at radius 3 is 2.50 bits per heavy atom. The maximum Gasteiger partial charge on any atom is 0.300 e. The number of nitriles is 1. The van der Waals surface area contributed by atoms with Crippen molar-refractivity contribution < 1.29 is 19.4 Å². The highest BCUT2D eigenvalue weighted by molar-refractivity contribution is 5.62. The van der Waals surface area contributed by atoms with Crippen molar-refractivity contribution in [3.05, 3.63) is 23.8 Å². The van der Waals surface area contributed by atoms with Crippen LogP contribution in [-0.4, -0.2) is 24.3 Å². The van der Waals surface area contributed by atoms with Gasteiger partial charge in [-0.25, -0.2) is 0 Å². The average Bonchev–Trinajstić information content (AvgIpc) is 2.98. The quantitative estimate of drug-likeness (QED) is 0.885. The topological polar surface area (TPSA) is 106 Å². The van der Waals surface area contributed by atoms with Crippen LogP contribution in [0.2, 0.25) is 0 Å². The van der Waals surface area contributed by atoms with E-state index < -0.39 is 12.0 Å². The van der Waals surface area contributed by atoms with Crippen LogP contribution in [0.4, 0.5) is 0 Å². The molecule has 0 saturated heterocycles. The van der Waals surface area contributed by atoms with Crippen molar-refractivity contribution in [1.82, 2.24) is 0 Å². The number of ether oxygens (including phenoxy) is 2. The summed E-state index contributed by atoms with van der Waals surface area (Å²) in [5.74, 6) is 0.545. The predicted octanol–water partition coefficient (Wildman–Crippen LogP) is 2.63. The highest BCUT2D eigenvalue weighted by Crippen LogP contribution is 2.33. The van der Waals surface area contributed by atoms with Crippen LogP contribution in [0.1, 0.15) is 44.2 Å². The molecule has 3 N–H and O–H groups in total. The Kier molecular flexibility index (Phi) is 7.20. The van der Waals surface area contributed by atoms with Crippen molar-refractivity contribution in [3.63, 3.8) is 0 Å². The molecule has 6 heteroatoms. The maximum absolute atomic E-state index is 9.00. The third kappa shape index (κ3) is 5.62. The SMILES string of the molecule is CC(=O)O.COc1ccc(C(N)C#N)cc1OC1CCCC1. The van der Waals surface area contributed by atoms with Crippen LogP contribution in [0.15, 0.2) is 18.2 Å². The van der Waals surface area contributed by atoms with Crippen molar-refractivity contribution in [2.75, 3.05) is 7.11 Å². The molecule has 1 aliphatic rings.